The molecule has 5 heteroatoms. The standard InChI is InChI=1S/C59H37N5/c1-5-19-38(20-6-1)48-35-51-50-36-49-45-28-15-16-33-52(45)64(55(49)37-54(50)63(41-25-11-4-12-26-41)56(51)46-29-14-13-27-43(46)48)53-34-18-30-42-44(53)31-17-32-47(42)59-61-57(39-21-7-2-8-22-39)60-58(62-59)40-23-9-3-10-24-40/h1-37H. The fraction of sp³-hybridized carbons (Fsp3) is 0. The van der Waals surface area contributed by atoms with E-state index in [1.807, 2.05) is 36.4 Å². The first-order valence-corrected chi connectivity index (χ1v) is 21.7. The van der Waals surface area contributed by atoms with Gasteiger partial charge in [-0.1, -0.05) is 182 Å². The molecule has 0 atom stereocenters. The van der Waals surface area contributed by atoms with E-state index in [1.54, 1.807) is 0 Å². The van der Waals surface area contributed by atoms with Gasteiger partial charge in [0.2, 0.25) is 0 Å². The summed E-state index contributed by atoms with van der Waals surface area (Å²) in [5, 5.41) is 9.48. The van der Waals surface area contributed by atoms with Gasteiger partial charge in [0.25, 0.3) is 0 Å². The van der Waals surface area contributed by atoms with Crippen LogP contribution in [-0.2, 0) is 0 Å². The van der Waals surface area contributed by atoms with Crippen molar-refractivity contribution in [3.8, 4) is 56.7 Å². The predicted molar refractivity (Wildman–Crippen MR) is 265 cm³/mol. The van der Waals surface area contributed by atoms with Crippen LogP contribution in [0.5, 0.6) is 0 Å². The van der Waals surface area contributed by atoms with Gasteiger partial charge in [-0.05, 0) is 64.4 Å². The number of aromatic nitrogens is 5. The van der Waals surface area contributed by atoms with Crippen LogP contribution in [0.4, 0.5) is 0 Å². The Balaban J connectivity index is 1.10. The summed E-state index contributed by atoms with van der Waals surface area (Å²) in [6.45, 7) is 0. The van der Waals surface area contributed by atoms with E-state index in [0.717, 1.165) is 55.4 Å². The molecule has 3 aromatic heterocycles. The summed E-state index contributed by atoms with van der Waals surface area (Å²) in [5.41, 5.74) is 12.1. The molecule has 64 heavy (non-hydrogen) atoms. The quantitative estimate of drug-likeness (QED) is 0.168. The molecule has 13 rings (SSSR count). The van der Waals surface area contributed by atoms with Crippen LogP contribution in [0.2, 0.25) is 0 Å². The zero-order valence-corrected chi connectivity index (χ0v) is 34.6. The molecule has 13 aromatic rings. The topological polar surface area (TPSA) is 48.5 Å². The van der Waals surface area contributed by atoms with Gasteiger partial charge in [-0.3, -0.25) is 0 Å². The summed E-state index contributed by atoms with van der Waals surface area (Å²) in [7, 11) is 0. The van der Waals surface area contributed by atoms with E-state index in [2.05, 4.69) is 197 Å². The van der Waals surface area contributed by atoms with Crippen molar-refractivity contribution in [2.75, 3.05) is 0 Å². The fourth-order valence-electron chi connectivity index (χ4n) is 9.91. The highest BCUT2D eigenvalue weighted by Gasteiger charge is 2.23. The highest BCUT2D eigenvalue weighted by atomic mass is 15.0. The molecule has 298 valence electrons. The molecule has 0 unspecified atom stereocenters. The van der Waals surface area contributed by atoms with E-state index < -0.39 is 0 Å². The van der Waals surface area contributed by atoms with Crippen LogP contribution >= 0.6 is 0 Å². The monoisotopic (exact) mass is 815 g/mol. The number of hydrogen-bond donors (Lipinski definition) is 0. The fourth-order valence-corrected chi connectivity index (χ4v) is 9.91. The lowest BCUT2D eigenvalue weighted by Gasteiger charge is -2.15. The molecule has 0 spiro atoms. The highest BCUT2D eigenvalue weighted by molar-refractivity contribution is 6.25. The second kappa shape index (κ2) is 14.5. The Kier molecular flexibility index (Phi) is 8.15. The first-order chi connectivity index (χ1) is 31.8. The summed E-state index contributed by atoms with van der Waals surface area (Å²) in [6.07, 6.45) is 0. The minimum atomic E-state index is 0.633. The van der Waals surface area contributed by atoms with Gasteiger partial charge in [0, 0.05) is 54.7 Å². The van der Waals surface area contributed by atoms with E-state index >= 15 is 0 Å². The lowest BCUT2D eigenvalue weighted by atomic mass is 9.95. The second-order valence-electron chi connectivity index (χ2n) is 16.4. The molecule has 0 saturated heterocycles. The van der Waals surface area contributed by atoms with Crippen molar-refractivity contribution in [2.24, 2.45) is 0 Å². The van der Waals surface area contributed by atoms with E-state index in [1.165, 1.54) is 49.0 Å². The first kappa shape index (κ1) is 36.0. The Hall–Kier alpha value is -8.67. The molecular weight excluding hydrogens is 779 g/mol. The maximum absolute atomic E-state index is 5.15. The molecule has 0 saturated carbocycles. The third-order valence-corrected chi connectivity index (χ3v) is 12.7. The van der Waals surface area contributed by atoms with Crippen molar-refractivity contribution in [3.05, 3.63) is 224 Å². The van der Waals surface area contributed by atoms with E-state index in [9.17, 15) is 0 Å². The summed E-state index contributed by atoms with van der Waals surface area (Å²) >= 11 is 0. The smallest absolute Gasteiger partial charge is 0.164 e. The highest BCUT2D eigenvalue weighted by Crippen LogP contribution is 2.45. The van der Waals surface area contributed by atoms with Gasteiger partial charge in [-0.15, -0.1) is 0 Å². The summed E-state index contributed by atoms with van der Waals surface area (Å²) in [5.74, 6) is 1.91. The van der Waals surface area contributed by atoms with Crippen LogP contribution in [0.1, 0.15) is 0 Å². The van der Waals surface area contributed by atoms with Gasteiger partial charge >= 0.3 is 0 Å². The van der Waals surface area contributed by atoms with Crippen LogP contribution in [0, 0.1) is 0 Å². The normalized spacial score (nSPS) is 11.8. The van der Waals surface area contributed by atoms with Crippen molar-refractivity contribution in [2.45, 2.75) is 0 Å². The number of rotatable bonds is 6. The van der Waals surface area contributed by atoms with Crippen LogP contribution in [0.3, 0.4) is 0 Å². The molecule has 5 nitrogen and oxygen atoms in total. The summed E-state index contributed by atoms with van der Waals surface area (Å²) in [4.78, 5) is 15.3. The predicted octanol–water partition coefficient (Wildman–Crippen LogP) is 15.0. The molecule has 0 N–H and O–H groups in total. The van der Waals surface area contributed by atoms with Crippen molar-refractivity contribution in [1.82, 2.24) is 24.1 Å². The van der Waals surface area contributed by atoms with Crippen molar-refractivity contribution >= 4 is 65.2 Å². The Morgan fingerprint density at radius 3 is 1.47 bits per heavy atom. The van der Waals surface area contributed by atoms with Crippen LogP contribution in [0.25, 0.3) is 122 Å². The van der Waals surface area contributed by atoms with Crippen LogP contribution in [0.15, 0.2) is 224 Å². The Bertz CT molecular complexity index is 3870. The zero-order chi connectivity index (χ0) is 42.1. The Morgan fingerprint density at radius 2 is 0.766 bits per heavy atom. The average Bonchev–Trinajstić information content (AvgIpc) is 3.87. The SMILES string of the molecule is c1ccc(-c2nc(-c3ccccc3)nc(-c3cccc4c(-n5c6ccccc6c6cc7c8cc(-c9ccccc9)c9ccccc9c8n(-c8ccccc8)c7cc65)cccc34)n2)cc1. The molecule has 0 aliphatic heterocycles. The van der Waals surface area contributed by atoms with Crippen molar-refractivity contribution in [3.63, 3.8) is 0 Å². The van der Waals surface area contributed by atoms with Crippen molar-refractivity contribution in [1.29, 1.82) is 0 Å². The Labute approximate surface area is 368 Å². The lowest BCUT2D eigenvalue weighted by Crippen LogP contribution is -2.01. The minimum Gasteiger partial charge on any atom is -0.309 e. The summed E-state index contributed by atoms with van der Waals surface area (Å²) in [6, 6.07) is 79.9. The van der Waals surface area contributed by atoms with E-state index in [-0.39, 0.29) is 0 Å². The van der Waals surface area contributed by atoms with Gasteiger partial charge < -0.3 is 9.13 Å². The van der Waals surface area contributed by atoms with E-state index in [4.69, 9.17) is 15.0 Å². The molecule has 0 bridgehead atoms. The molecule has 0 radical (unpaired) electrons. The molecule has 10 aromatic carbocycles. The third-order valence-electron chi connectivity index (χ3n) is 12.7. The number of hydrogen-bond acceptors (Lipinski definition) is 3. The van der Waals surface area contributed by atoms with E-state index in [0.29, 0.717) is 17.5 Å². The third kappa shape index (κ3) is 5.61. The van der Waals surface area contributed by atoms with Crippen molar-refractivity contribution < 1.29 is 0 Å². The molecule has 3 heterocycles. The number of para-hydroxylation sites is 2. The molecule has 0 aliphatic rings. The van der Waals surface area contributed by atoms with Crippen LogP contribution in [-0.4, -0.2) is 24.1 Å². The lowest BCUT2D eigenvalue weighted by molar-refractivity contribution is 1.08. The van der Waals surface area contributed by atoms with Gasteiger partial charge in [-0.2, -0.15) is 0 Å². The Morgan fingerprint density at radius 1 is 0.266 bits per heavy atom. The second-order valence-corrected chi connectivity index (χ2v) is 16.4. The molecule has 0 aliphatic carbocycles. The maximum Gasteiger partial charge on any atom is 0.164 e. The minimum absolute atomic E-state index is 0.633. The zero-order valence-electron chi connectivity index (χ0n) is 34.6. The largest absolute Gasteiger partial charge is 0.309 e. The molecule has 0 amide bonds. The van der Waals surface area contributed by atoms with Gasteiger partial charge in [0.05, 0.1) is 27.8 Å². The maximum atomic E-state index is 5.15. The van der Waals surface area contributed by atoms with Gasteiger partial charge in [0.1, 0.15) is 0 Å². The van der Waals surface area contributed by atoms with Gasteiger partial charge in [-0.25, -0.2) is 15.0 Å². The van der Waals surface area contributed by atoms with Gasteiger partial charge in [0.15, 0.2) is 17.5 Å². The summed E-state index contributed by atoms with van der Waals surface area (Å²) < 4.78 is 4.93. The number of benzene rings is 10. The number of fused-ring (bicyclic) bond motifs is 9. The average molecular weight is 816 g/mol. The number of nitrogens with zero attached hydrogens (tertiary/aromatic N) is 5. The molecule has 0 fully saturated rings. The molecular formula is C59H37N5. The van der Waals surface area contributed by atoms with Crippen LogP contribution < -0.4 is 0 Å². The first-order valence-electron chi connectivity index (χ1n) is 21.7.